The Morgan fingerprint density at radius 2 is 2.00 bits per heavy atom. The molecule has 17 heavy (non-hydrogen) atoms. The quantitative estimate of drug-likeness (QED) is 0.731. The van der Waals surface area contributed by atoms with E-state index in [9.17, 15) is 0 Å². The zero-order chi connectivity index (χ0) is 12.8. The number of nitrogens with zero attached hydrogens (tertiary/aromatic N) is 2. The second kappa shape index (κ2) is 7.34. The van der Waals surface area contributed by atoms with Crippen LogP contribution in [0, 0.1) is 5.92 Å². The molecule has 1 atom stereocenters. The number of hydrogen-bond acceptors (Lipinski definition) is 3. The third-order valence-corrected chi connectivity index (χ3v) is 3.84. The number of nitrogens with one attached hydrogen (secondary N) is 1. The second-order valence-electron chi connectivity index (χ2n) is 6.09. The molecule has 0 spiro atoms. The first kappa shape index (κ1) is 14.9. The van der Waals surface area contributed by atoms with Gasteiger partial charge in [0.1, 0.15) is 0 Å². The van der Waals surface area contributed by atoms with E-state index in [0.29, 0.717) is 12.1 Å². The van der Waals surface area contributed by atoms with Gasteiger partial charge in [-0.25, -0.2) is 0 Å². The van der Waals surface area contributed by atoms with Crippen LogP contribution in [0.5, 0.6) is 0 Å². The Bertz CT molecular complexity index is 204. The summed E-state index contributed by atoms with van der Waals surface area (Å²) in [7, 11) is 2.22. The molecule has 3 heteroatoms. The molecule has 102 valence electrons. The van der Waals surface area contributed by atoms with Crippen LogP contribution in [0.15, 0.2) is 0 Å². The summed E-state index contributed by atoms with van der Waals surface area (Å²) >= 11 is 0. The molecule has 1 saturated heterocycles. The highest BCUT2D eigenvalue weighted by molar-refractivity contribution is 4.78. The maximum absolute atomic E-state index is 3.55. The topological polar surface area (TPSA) is 18.5 Å². The van der Waals surface area contributed by atoms with Crippen LogP contribution in [0.1, 0.15) is 34.1 Å². The maximum Gasteiger partial charge on any atom is 0.0109 e. The predicted molar refractivity (Wildman–Crippen MR) is 75.5 cm³/mol. The van der Waals surface area contributed by atoms with E-state index in [0.717, 1.165) is 5.92 Å². The summed E-state index contributed by atoms with van der Waals surface area (Å²) in [6.45, 7) is 15.2. The van der Waals surface area contributed by atoms with Crippen molar-refractivity contribution >= 4 is 0 Å². The zero-order valence-electron chi connectivity index (χ0n) is 12.4. The van der Waals surface area contributed by atoms with Gasteiger partial charge in [-0.05, 0) is 46.3 Å². The van der Waals surface area contributed by atoms with Gasteiger partial charge in [-0.15, -0.1) is 0 Å². The molecule has 0 aliphatic carbocycles. The standard InChI is InChI=1S/C14H31N3/c1-12(2)15-10-14-6-7-17(11-14)9-8-16(5)13(3)4/h12-15H,6-11H2,1-5H3. The molecule has 0 radical (unpaired) electrons. The lowest BCUT2D eigenvalue weighted by molar-refractivity contribution is 0.220. The van der Waals surface area contributed by atoms with Crippen LogP contribution in [-0.2, 0) is 0 Å². The SMILES string of the molecule is CC(C)NCC1CCN(CCN(C)C(C)C)C1. The minimum absolute atomic E-state index is 0.621. The van der Waals surface area contributed by atoms with Crippen LogP contribution in [0.25, 0.3) is 0 Å². The summed E-state index contributed by atoms with van der Waals surface area (Å²) in [5, 5.41) is 3.55. The molecule has 1 unspecified atom stereocenters. The van der Waals surface area contributed by atoms with Crippen LogP contribution in [0.3, 0.4) is 0 Å². The number of likely N-dealkylation sites (tertiary alicyclic amines) is 1. The normalized spacial score (nSPS) is 22.2. The first-order chi connectivity index (χ1) is 7.99. The molecule has 1 rings (SSSR count). The number of hydrogen-bond donors (Lipinski definition) is 1. The maximum atomic E-state index is 3.55. The minimum Gasteiger partial charge on any atom is -0.314 e. The largest absolute Gasteiger partial charge is 0.314 e. The molecule has 1 aliphatic heterocycles. The van der Waals surface area contributed by atoms with E-state index in [1.165, 1.54) is 39.1 Å². The first-order valence-corrected chi connectivity index (χ1v) is 7.15. The van der Waals surface area contributed by atoms with Crippen molar-refractivity contribution in [2.45, 2.75) is 46.2 Å². The van der Waals surface area contributed by atoms with Gasteiger partial charge in [-0.2, -0.15) is 0 Å². The van der Waals surface area contributed by atoms with Gasteiger partial charge < -0.3 is 15.1 Å². The number of likely N-dealkylation sites (N-methyl/N-ethyl adjacent to an activating group) is 1. The summed E-state index contributed by atoms with van der Waals surface area (Å²) in [5.74, 6) is 0.863. The average molecular weight is 241 g/mol. The van der Waals surface area contributed by atoms with Crippen molar-refractivity contribution in [2.75, 3.05) is 39.8 Å². The molecule has 1 fully saturated rings. The molecule has 1 heterocycles. The van der Waals surface area contributed by atoms with Crippen LogP contribution in [0.4, 0.5) is 0 Å². The molecule has 0 aromatic carbocycles. The molecular weight excluding hydrogens is 210 g/mol. The van der Waals surface area contributed by atoms with Crippen molar-refractivity contribution in [1.82, 2.24) is 15.1 Å². The highest BCUT2D eigenvalue weighted by atomic mass is 15.2. The lowest BCUT2D eigenvalue weighted by atomic mass is 10.1. The Morgan fingerprint density at radius 1 is 1.29 bits per heavy atom. The van der Waals surface area contributed by atoms with Crippen molar-refractivity contribution < 1.29 is 0 Å². The van der Waals surface area contributed by atoms with Crippen molar-refractivity contribution in [1.29, 1.82) is 0 Å². The molecule has 0 aromatic rings. The first-order valence-electron chi connectivity index (χ1n) is 7.15. The van der Waals surface area contributed by atoms with E-state index in [-0.39, 0.29) is 0 Å². The van der Waals surface area contributed by atoms with E-state index in [1.807, 2.05) is 0 Å². The van der Waals surface area contributed by atoms with Gasteiger partial charge in [-0.3, -0.25) is 0 Å². The molecule has 1 aliphatic rings. The minimum atomic E-state index is 0.621. The summed E-state index contributed by atoms with van der Waals surface area (Å²) in [5.41, 5.74) is 0. The van der Waals surface area contributed by atoms with Gasteiger partial charge >= 0.3 is 0 Å². The fourth-order valence-corrected chi connectivity index (χ4v) is 2.24. The van der Waals surface area contributed by atoms with Crippen LogP contribution >= 0.6 is 0 Å². The molecule has 0 aromatic heterocycles. The van der Waals surface area contributed by atoms with Crippen molar-refractivity contribution in [2.24, 2.45) is 5.92 Å². The van der Waals surface area contributed by atoms with Crippen LogP contribution in [0.2, 0.25) is 0 Å². The molecule has 1 N–H and O–H groups in total. The Hall–Kier alpha value is -0.120. The second-order valence-corrected chi connectivity index (χ2v) is 6.09. The van der Waals surface area contributed by atoms with Gasteiger partial charge in [0.2, 0.25) is 0 Å². The van der Waals surface area contributed by atoms with Gasteiger partial charge in [0, 0.05) is 31.7 Å². The Morgan fingerprint density at radius 3 is 2.59 bits per heavy atom. The molecule has 0 amide bonds. The predicted octanol–water partition coefficient (Wildman–Crippen LogP) is 1.65. The summed E-state index contributed by atoms with van der Waals surface area (Å²) in [6, 6.07) is 1.28. The van der Waals surface area contributed by atoms with E-state index >= 15 is 0 Å². The van der Waals surface area contributed by atoms with Crippen LogP contribution < -0.4 is 5.32 Å². The highest BCUT2D eigenvalue weighted by Crippen LogP contribution is 2.15. The van der Waals surface area contributed by atoms with Gasteiger partial charge in [0.05, 0.1) is 0 Å². The average Bonchev–Trinajstić information content (AvgIpc) is 2.70. The van der Waals surface area contributed by atoms with E-state index in [4.69, 9.17) is 0 Å². The summed E-state index contributed by atoms with van der Waals surface area (Å²) < 4.78 is 0. The Labute approximate surface area is 108 Å². The molecule has 3 nitrogen and oxygen atoms in total. The van der Waals surface area contributed by atoms with Crippen molar-refractivity contribution in [3.63, 3.8) is 0 Å². The van der Waals surface area contributed by atoms with Gasteiger partial charge in [-0.1, -0.05) is 13.8 Å². The lowest BCUT2D eigenvalue weighted by Crippen LogP contribution is -2.36. The molecular formula is C14H31N3. The fourth-order valence-electron chi connectivity index (χ4n) is 2.24. The van der Waals surface area contributed by atoms with E-state index < -0.39 is 0 Å². The smallest absolute Gasteiger partial charge is 0.0109 e. The third-order valence-electron chi connectivity index (χ3n) is 3.84. The Balaban J connectivity index is 2.13. The van der Waals surface area contributed by atoms with Crippen LogP contribution in [-0.4, -0.2) is 61.7 Å². The Kier molecular flexibility index (Phi) is 6.45. The van der Waals surface area contributed by atoms with Crippen molar-refractivity contribution in [3.8, 4) is 0 Å². The molecule has 0 bridgehead atoms. The van der Waals surface area contributed by atoms with Crippen molar-refractivity contribution in [3.05, 3.63) is 0 Å². The number of rotatable bonds is 7. The zero-order valence-corrected chi connectivity index (χ0v) is 12.4. The highest BCUT2D eigenvalue weighted by Gasteiger charge is 2.22. The summed E-state index contributed by atoms with van der Waals surface area (Å²) in [4.78, 5) is 5.05. The van der Waals surface area contributed by atoms with Gasteiger partial charge in [0.15, 0.2) is 0 Å². The van der Waals surface area contributed by atoms with E-state index in [2.05, 4.69) is 49.9 Å². The van der Waals surface area contributed by atoms with Gasteiger partial charge in [0.25, 0.3) is 0 Å². The third kappa shape index (κ3) is 5.84. The molecule has 0 saturated carbocycles. The lowest BCUT2D eigenvalue weighted by Gasteiger charge is -2.24. The fraction of sp³-hybridized carbons (Fsp3) is 1.00. The monoisotopic (exact) mass is 241 g/mol. The van der Waals surface area contributed by atoms with E-state index in [1.54, 1.807) is 0 Å². The summed E-state index contributed by atoms with van der Waals surface area (Å²) in [6.07, 6.45) is 1.37.